The number of hydrogen-bond acceptors (Lipinski definition) is 5. The largest absolute Gasteiger partial charge is 0.494 e. The van der Waals surface area contributed by atoms with Crippen molar-refractivity contribution in [2.45, 2.75) is 13.5 Å². The number of amides is 1. The third kappa shape index (κ3) is 3.88. The first-order chi connectivity index (χ1) is 12.3. The number of nitrogens with two attached hydrogens (primary N) is 1. The minimum atomic E-state index is -0.671. The Morgan fingerprint density at radius 1 is 1.23 bits per heavy atom. The molecule has 138 valence electrons. The second-order valence-corrected chi connectivity index (χ2v) is 5.83. The van der Waals surface area contributed by atoms with Gasteiger partial charge in [-0.1, -0.05) is 23.7 Å². The number of nitrogens with zero attached hydrogens (tertiary/aromatic N) is 1. The van der Waals surface area contributed by atoms with E-state index in [4.69, 9.17) is 26.8 Å². The van der Waals surface area contributed by atoms with Gasteiger partial charge in [0, 0.05) is 6.92 Å². The number of anilines is 2. The highest BCUT2D eigenvalue weighted by Crippen LogP contribution is 2.42. The molecule has 0 unspecified atom stereocenters. The summed E-state index contributed by atoms with van der Waals surface area (Å²) >= 11 is 6.30. The number of carbonyl (C=O) groups excluding carboxylic acids is 2. The number of halogens is 2. The van der Waals surface area contributed by atoms with Crippen LogP contribution in [0.1, 0.15) is 22.8 Å². The zero-order valence-electron chi connectivity index (χ0n) is 14.5. The fraction of sp³-hybridized carbons (Fsp3) is 0.222. The first kappa shape index (κ1) is 19.5. The average molecular weight is 381 g/mol. The molecule has 0 bridgehead atoms. The Kier molecular flexibility index (Phi) is 6.05. The fourth-order valence-corrected chi connectivity index (χ4v) is 2.83. The molecule has 0 aliphatic carbocycles. The van der Waals surface area contributed by atoms with Gasteiger partial charge in [-0.2, -0.15) is 0 Å². The smallest absolute Gasteiger partial charge is 0.341 e. The third-order valence-corrected chi connectivity index (χ3v) is 4.04. The average Bonchev–Trinajstić information content (AvgIpc) is 2.61. The number of hydrogen-bond donors (Lipinski definition) is 1. The highest BCUT2D eigenvalue weighted by molar-refractivity contribution is 6.35. The Balaban J connectivity index is 2.56. The van der Waals surface area contributed by atoms with Gasteiger partial charge < -0.3 is 20.1 Å². The Bertz CT molecular complexity index is 840. The minimum Gasteiger partial charge on any atom is -0.494 e. The van der Waals surface area contributed by atoms with Crippen LogP contribution in [0, 0.1) is 5.82 Å². The van der Waals surface area contributed by atoms with Gasteiger partial charge in [0.25, 0.3) is 0 Å². The molecule has 0 radical (unpaired) electrons. The van der Waals surface area contributed by atoms with Gasteiger partial charge >= 0.3 is 5.97 Å². The first-order valence-electron chi connectivity index (χ1n) is 7.57. The molecule has 2 rings (SSSR count). The Labute approximate surface area is 155 Å². The molecule has 0 atom stereocenters. The lowest BCUT2D eigenvalue weighted by Gasteiger charge is -2.26. The lowest BCUT2D eigenvalue weighted by Crippen LogP contribution is -2.29. The molecular formula is C18H18ClFN2O4. The van der Waals surface area contributed by atoms with E-state index in [1.807, 2.05) is 0 Å². The van der Waals surface area contributed by atoms with Gasteiger partial charge in [-0.05, 0) is 23.8 Å². The summed E-state index contributed by atoms with van der Waals surface area (Å²) in [6.07, 6.45) is 0. The number of carbonyl (C=O) groups is 2. The van der Waals surface area contributed by atoms with E-state index >= 15 is 0 Å². The Morgan fingerprint density at radius 3 is 2.35 bits per heavy atom. The molecule has 0 aliphatic heterocycles. The molecule has 0 aliphatic rings. The zero-order chi connectivity index (χ0) is 19.4. The molecule has 0 heterocycles. The maximum absolute atomic E-state index is 13.1. The van der Waals surface area contributed by atoms with E-state index < -0.39 is 5.97 Å². The van der Waals surface area contributed by atoms with Crippen LogP contribution in [0.2, 0.25) is 5.02 Å². The van der Waals surface area contributed by atoms with Crippen molar-refractivity contribution in [3.8, 4) is 5.75 Å². The fourth-order valence-electron chi connectivity index (χ4n) is 2.52. The van der Waals surface area contributed by atoms with Crippen LogP contribution in [0.15, 0.2) is 30.3 Å². The summed E-state index contributed by atoms with van der Waals surface area (Å²) in [5.41, 5.74) is 7.08. The molecular weight excluding hydrogens is 363 g/mol. The van der Waals surface area contributed by atoms with Gasteiger partial charge in [0.1, 0.15) is 17.1 Å². The third-order valence-electron chi connectivity index (χ3n) is 3.76. The van der Waals surface area contributed by atoms with Gasteiger partial charge in [-0.3, -0.25) is 4.79 Å². The number of methoxy groups -OCH3 is 2. The molecule has 1 amide bonds. The maximum atomic E-state index is 13.1. The molecule has 0 aromatic heterocycles. The molecule has 0 saturated carbocycles. The van der Waals surface area contributed by atoms with Crippen LogP contribution in [0.4, 0.5) is 15.8 Å². The standard InChI is InChI=1S/C18H18ClFN2O4/c1-10(23)22(9-11-4-6-12(20)7-5-11)16-14(19)8-13(18(24)26-3)17(25-2)15(16)21/h4-8H,9,21H2,1-3H3. The Morgan fingerprint density at radius 2 is 1.85 bits per heavy atom. The van der Waals surface area contributed by atoms with Crippen molar-refractivity contribution in [1.29, 1.82) is 0 Å². The van der Waals surface area contributed by atoms with Crippen LogP contribution >= 0.6 is 11.6 Å². The highest BCUT2D eigenvalue weighted by Gasteiger charge is 2.26. The van der Waals surface area contributed by atoms with E-state index in [0.717, 1.165) is 0 Å². The van der Waals surface area contributed by atoms with Crippen molar-refractivity contribution in [3.63, 3.8) is 0 Å². The summed E-state index contributed by atoms with van der Waals surface area (Å²) in [6, 6.07) is 7.02. The molecule has 2 aromatic carbocycles. The van der Waals surface area contributed by atoms with Crippen LogP contribution in [-0.2, 0) is 16.1 Å². The topological polar surface area (TPSA) is 81.9 Å². The second-order valence-electron chi connectivity index (χ2n) is 5.42. The predicted octanol–water partition coefficient (Wildman–Crippen LogP) is 3.41. The summed E-state index contributed by atoms with van der Waals surface area (Å²) in [7, 11) is 2.56. The highest BCUT2D eigenvalue weighted by atomic mass is 35.5. The van der Waals surface area contributed by atoms with Gasteiger partial charge in [-0.25, -0.2) is 9.18 Å². The molecule has 6 nitrogen and oxygen atoms in total. The van der Waals surface area contributed by atoms with Gasteiger partial charge in [-0.15, -0.1) is 0 Å². The van der Waals surface area contributed by atoms with E-state index in [1.54, 1.807) is 12.1 Å². The van der Waals surface area contributed by atoms with Crippen molar-refractivity contribution < 1.29 is 23.5 Å². The summed E-state index contributed by atoms with van der Waals surface area (Å²) in [4.78, 5) is 25.4. The van der Waals surface area contributed by atoms with Gasteiger partial charge in [0.2, 0.25) is 5.91 Å². The SMILES string of the molecule is COC(=O)c1cc(Cl)c(N(Cc2ccc(F)cc2)C(C)=O)c(N)c1OC. The number of benzene rings is 2. The normalized spacial score (nSPS) is 10.3. The molecule has 2 N–H and O–H groups in total. The monoisotopic (exact) mass is 380 g/mol. The van der Waals surface area contributed by atoms with Crippen LogP contribution in [0.25, 0.3) is 0 Å². The van der Waals surface area contributed by atoms with E-state index in [0.29, 0.717) is 5.56 Å². The molecule has 0 fully saturated rings. The zero-order valence-corrected chi connectivity index (χ0v) is 15.3. The predicted molar refractivity (Wildman–Crippen MR) is 97.0 cm³/mol. The van der Waals surface area contributed by atoms with Gasteiger partial charge in [0.15, 0.2) is 5.75 Å². The second kappa shape index (κ2) is 8.05. The van der Waals surface area contributed by atoms with Crippen molar-refractivity contribution in [2.24, 2.45) is 0 Å². The van der Waals surface area contributed by atoms with E-state index in [2.05, 4.69) is 0 Å². The molecule has 26 heavy (non-hydrogen) atoms. The summed E-state index contributed by atoms with van der Waals surface area (Å²) in [6.45, 7) is 1.46. The summed E-state index contributed by atoms with van der Waals surface area (Å²) < 4.78 is 23.0. The lowest BCUT2D eigenvalue weighted by molar-refractivity contribution is -0.116. The van der Waals surface area contributed by atoms with Crippen LogP contribution in [0.3, 0.4) is 0 Å². The van der Waals surface area contributed by atoms with E-state index in [-0.39, 0.29) is 46.0 Å². The van der Waals surface area contributed by atoms with E-state index in [9.17, 15) is 14.0 Å². The summed E-state index contributed by atoms with van der Waals surface area (Å²) in [5, 5.41) is 0.0843. The van der Waals surface area contributed by atoms with Crippen LogP contribution < -0.4 is 15.4 Å². The van der Waals surface area contributed by atoms with E-state index in [1.165, 1.54) is 44.2 Å². The van der Waals surface area contributed by atoms with Crippen LogP contribution in [0.5, 0.6) is 5.75 Å². The quantitative estimate of drug-likeness (QED) is 0.635. The Hall–Kier alpha value is -2.80. The van der Waals surface area contributed by atoms with Gasteiger partial charge in [0.05, 0.1) is 31.5 Å². The first-order valence-corrected chi connectivity index (χ1v) is 7.94. The number of nitrogen functional groups attached to an aromatic ring is 1. The molecule has 0 saturated heterocycles. The van der Waals surface area contributed by atoms with Crippen molar-refractivity contribution in [1.82, 2.24) is 0 Å². The van der Waals surface area contributed by atoms with Crippen molar-refractivity contribution >= 4 is 34.9 Å². The molecule has 2 aromatic rings. The van der Waals surface area contributed by atoms with Crippen molar-refractivity contribution in [3.05, 3.63) is 52.3 Å². The molecule has 8 heteroatoms. The lowest BCUT2D eigenvalue weighted by atomic mass is 10.1. The number of rotatable bonds is 5. The minimum absolute atomic E-state index is 0.0257. The van der Waals surface area contributed by atoms with Crippen LogP contribution in [-0.4, -0.2) is 26.1 Å². The number of ether oxygens (including phenoxy) is 2. The maximum Gasteiger partial charge on any atom is 0.341 e. The van der Waals surface area contributed by atoms with Crippen molar-refractivity contribution in [2.75, 3.05) is 24.9 Å². The number of esters is 1. The molecule has 0 spiro atoms. The summed E-state index contributed by atoms with van der Waals surface area (Å²) in [5.74, 6) is -1.34.